The normalized spacial score (nSPS) is 16.8. The molecule has 0 nitrogen and oxygen atoms in total. The topological polar surface area (TPSA) is 0 Å². The van der Waals surface area contributed by atoms with Crippen molar-refractivity contribution in [2.75, 3.05) is 0 Å². The summed E-state index contributed by atoms with van der Waals surface area (Å²) in [4.78, 5) is 0. The zero-order chi connectivity index (χ0) is 22.7. The Morgan fingerprint density at radius 1 is 0.486 bits per heavy atom. The molecule has 1 atom stereocenters. The predicted molar refractivity (Wildman–Crippen MR) is 145 cm³/mol. The second kappa shape index (κ2) is 6.29. The Hall–Kier alpha value is -4.16. The molecule has 162 valence electrons. The highest BCUT2D eigenvalue weighted by Gasteiger charge is 2.39. The lowest BCUT2D eigenvalue weighted by molar-refractivity contribution is 1.05. The van der Waals surface area contributed by atoms with Crippen molar-refractivity contribution in [2.24, 2.45) is 0 Å². The van der Waals surface area contributed by atoms with Crippen molar-refractivity contribution in [3.8, 4) is 33.4 Å². The van der Waals surface area contributed by atoms with Crippen molar-refractivity contribution in [3.05, 3.63) is 142 Å². The Bertz CT molecular complexity index is 1800. The Balaban J connectivity index is 1.40. The lowest BCUT2D eigenvalue weighted by Crippen LogP contribution is -2.12. The zero-order valence-corrected chi connectivity index (χ0v) is 19.3. The number of rotatable bonds is 0. The van der Waals surface area contributed by atoms with Gasteiger partial charge in [-0.15, -0.1) is 0 Å². The van der Waals surface area contributed by atoms with Crippen LogP contribution in [0.4, 0.5) is 0 Å². The SMILES string of the molecule is C1=C2c3cc4c(cc3-c3ccc5c(c3C2c2ccccc21)-c1ccccc1C5)-c1ccccc1C4. The highest BCUT2D eigenvalue weighted by Crippen LogP contribution is 2.59. The van der Waals surface area contributed by atoms with Crippen molar-refractivity contribution in [3.63, 3.8) is 0 Å². The van der Waals surface area contributed by atoms with Gasteiger partial charge >= 0.3 is 0 Å². The van der Waals surface area contributed by atoms with E-state index < -0.39 is 0 Å². The lowest BCUT2D eigenvalue weighted by atomic mass is 9.71. The van der Waals surface area contributed by atoms with Crippen LogP contribution in [0.3, 0.4) is 0 Å². The van der Waals surface area contributed by atoms with Crippen LogP contribution in [0.15, 0.2) is 97.1 Å². The molecule has 0 aliphatic heterocycles. The van der Waals surface area contributed by atoms with Crippen LogP contribution >= 0.6 is 0 Å². The summed E-state index contributed by atoms with van der Waals surface area (Å²) in [5, 5.41) is 0. The molecule has 5 aromatic rings. The van der Waals surface area contributed by atoms with Crippen LogP contribution in [-0.2, 0) is 12.8 Å². The summed E-state index contributed by atoms with van der Waals surface area (Å²) in [7, 11) is 0. The van der Waals surface area contributed by atoms with Gasteiger partial charge in [0.1, 0.15) is 0 Å². The molecule has 4 aliphatic rings. The summed E-state index contributed by atoms with van der Waals surface area (Å²) in [6.45, 7) is 0. The van der Waals surface area contributed by atoms with E-state index in [0.29, 0.717) is 5.92 Å². The third kappa shape index (κ3) is 2.23. The molecular weight excluding hydrogens is 420 g/mol. The summed E-state index contributed by atoms with van der Waals surface area (Å²) in [6.07, 6.45) is 4.54. The van der Waals surface area contributed by atoms with Crippen molar-refractivity contribution >= 4 is 11.6 Å². The summed E-state index contributed by atoms with van der Waals surface area (Å²) < 4.78 is 0. The Kier molecular flexibility index (Phi) is 3.27. The molecule has 0 heterocycles. The monoisotopic (exact) mass is 442 g/mol. The van der Waals surface area contributed by atoms with Gasteiger partial charge in [0.25, 0.3) is 0 Å². The summed E-state index contributed by atoms with van der Waals surface area (Å²) in [5.74, 6) is 0.302. The maximum absolute atomic E-state index is 2.51. The van der Waals surface area contributed by atoms with Gasteiger partial charge < -0.3 is 0 Å². The van der Waals surface area contributed by atoms with Gasteiger partial charge in [-0.25, -0.2) is 0 Å². The highest BCUT2D eigenvalue weighted by molar-refractivity contribution is 6.06. The Labute approximate surface area is 205 Å². The minimum atomic E-state index is 0.302. The molecule has 0 radical (unpaired) electrons. The fourth-order valence-electron chi connectivity index (χ4n) is 7.30. The maximum Gasteiger partial charge on any atom is 0.0364 e. The van der Waals surface area contributed by atoms with Gasteiger partial charge in [-0.2, -0.15) is 0 Å². The molecule has 0 fully saturated rings. The second-order valence-electron chi connectivity index (χ2n) is 10.4. The van der Waals surface area contributed by atoms with Crippen molar-refractivity contribution in [1.29, 1.82) is 0 Å². The van der Waals surface area contributed by atoms with Crippen LogP contribution in [-0.4, -0.2) is 0 Å². The average Bonchev–Trinajstić information content (AvgIpc) is 3.58. The maximum atomic E-state index is 2.51. The molecule has 0 amide bonds. The van der Waals surface area contributed by atoms with Crippen molar-refractivity contribution < 1.29 is 0 Å². The van der Waals surface area contributed by atoms with E-state index in [9.17, 15) is 0 Å². The number of benzene rings is 5. The van der Waals surface area contributed by atoms with Gasteiger partial charge in [0.05, 0.1) is 0 Å². The van der Waals surface area contributed by atoms with Crippen LogP contribution in [0, 0.1) is 0 Å². The third-order valence-corrected chi connectivity index (χ3v) is 8.75. The summed E-state index contributed by atoms with van der Waals surface area (Å²) in [6, 6.07) is 36.8. The first-order chi connectivity index (χ1) is 17.3. The van der Waals surface area contributed by atoms with Gasteiger partial charge in [0.15, 0.2) is 0 Å². The van der Waals surface area contributed by atoms with Gasteiger partial charge in [-0.3, -0.25) is 0 Å². The molecule has 0 spiro atoms. The molecule has 5 aromatic carbocycles. The Morgan fingerprint density at radius 3 is 2.14 bits per heavy atom. The molecule has 9 rings (SSSR count). The number of allylic oxidation sites excluding steroid dienone is 1. The summed E-state index contributed by atoms with van der Waals surface area (Å²) in [5.41, 5.74) is 21.7. The molecule has 0 saturated carbocycles. The van der Waals surface area contributed by atoms with E-state index in [1.54, 1.807) is 0 Å². The quantitative estimate of drug-likeness (QED) is 0.221. The van der Waals surface area contributed by atoms with Crippen molar-refractivity contribution in [1.82, 2.24) is 0 Å². The molecule has 0 saturated heterocycles. The van der Waals surface area contributed by atoms with Gasteiger partial charge in [-0.1, -0.05) is 84.9 Å². The fourth-order valence-corrected chi connectivity index (χ4v) is 7.30. The van der Waals surface area contributed by atoms with Gasteiger partial charge in [-0.05, 0) is 115 Å². The number of hydrogen-bond acceptors (Lipinski definition) is 0. The molecular formula is C35H22. The first-order valence-electron chi connectivity index (χ1n) is 12.7. The van der Waals surface area contributed by atoms with Gasteiger partial charge in [0.2, 0.25) is 0 Å². The van der Waals surface area contributed by atoms with Crippen molar-refractivity contribution in [2.45, 2.75) is 18.8 Å². The molecule has 4 aliphatic carbocycles. The van der Waals surface area contributed by atoms with E-state index in [1.165, 1.54) is 83.5 Å². The molecule has 0 bridgehead atoms. The van der Waals surface area contributed by atoms with E-state index in [-0.39, 0.29) is 0 Å². The molecule has 0 aromatic heterocycles. The lowest BCUT2D eigenvalue weighted by Gasteiger charge is -2.31. The second-order valence-corrected chi connectivity index (χ2v) is 10.4. The largest absolute Gasteiger partial charge is 0.0619 e. The number of fused-ring (bicyclic) bond motifs is 15. The molecule has 0 N–H and O–H groups in total. The predicted octanol–water partition coefficient (Wildman–Crippen LogP) is 8.50. The smallest absolute Gasteiger partial charge is 0.0364 e. The van der Waals surface area contributed by atoms with Crippen LogP contribution in [0.5, 0.6) is 0 Å². The van der Waals surface area contributed by atoms with E-state index in [2.05, 4.69) is 103 Å². The molecule has 0 heteroatoms. The van der Waals surface area contributed by atoms with Crippen LogP contribution in [0.2, 0.25) is 0 Å². The van der Waals surface area contributed by atoms with Crippen LogP contribution in [0.25, 0.3) is 45.0 Å². The van der Waals surface area contributed by atoms with E-state index in [4.69, 9.17) is 0 Å². The van der Waals surface area contributed by atoms with E-state index >= 15 is 0 Å². The first-order valence-corrected chi connectivity index (χ1v) is 12.7. The van der Waals surface area contributed by atoms with Crippen LogP contribution < -0.4 is 0 Å². The minimum Gasteiger partial charge on any atom is -0.0619 e. The standard InChI is InChI=1S/C35H22/c1-4-10-25-20(7-1)16-24-18-30-31(19-29(24)25)28-14-13-23-15-21-8-2-5-11-26(21)33(23)35(28)34-27-12-6-3-9-22(27)17-32(30)34/h1-14,17-19,34H,15-16H2. The molecule has 35 heavy (non-hydrogen) atoms. The molecule has 1 unspecified atom stereocenters. The number of hydrogen-bond donors (Lipinski definition) is 0. The zero-order valence-electron chi connectivity index (χ0n) is 19.3. The highest BCUT2D eigenvalue weighted by atomic mass is 14.4. The Morgan fingerprint density at radius 2 is 1.23 bits per heavy atom. The fraction of sp³-hybridized carbons (Fsp3) is 0.0857. The van der Waals surface area contributed by atoms with Crippen LogP contribution in [0.1, 0.15) is 50.4 Å². The average molecular weight is 443 g/mol. The summed E-state index contributed by atoms with van der Waals surface area (Å²) >= 11 is 0. The van der Waals surface area contributed by atoms with E-state index in [0.717, 1.165) is 12.8 Å². The minimum absolute atomic E-state index is 0.302. The third-order valence-electron chi connectivity index (χ3n) is 8.75. The van der Waals surface area contributed by atoms with Gasteiger partial charge in [0, 0.05) is 5.92 Å². The first kappa shape index (κ1) is 18.2. The van der Waals surface area contributed by atoms with E-state index in [1.807, 2.05) is 0 Å².